The topological polar surface area (TPSA) is 166 Å². The van der Waals surface area contributed by atoms with Crippen molar-refractivity contribution in [3.63, 3.8) is 0 Å². The zero-order valence-electron chi connectivity index (χ0n) is 41.3. The highest BCUT2D eigenvalue weighted by Gasteiger charge is 2.51. The van der Waals surface area contributed by atoms with Crippen LogP contribution in [0.1, 0.15) is 70.3 Å². The van der Waals surface area contributed by atoms with Gasteiger partial charge in [-0.15, -0.1) is 11.3 Å². The molecule has 0 aliphatic carbocycles. The van der Waals surface area contributed by atoms with E-state index in [1.165, 1.54) is 43.0 Å². The monoisotopic (exact) mass is 1040 g/mol. The molecule has 5 aromatic rings. The number of benzene rings is 4. The van der Waals surface area contributed by atoms with Crippen molar-refractivity contribution in [3.05, 3.63) is 119 Å². The predicted molar refractivity (Wildman–Crippen MR) is 272 cm³/mol. The Morgan fingerprint density at radius 1 is 0.945 bits per heavy atom. The van der Waals surface area contributed by atoms with Crippen molar-refractivity contribution in [1.29, 1.82) is 5.26 Å². The quantitative estimate of drug-likeness (QED) is 0.0549. The molecule has 2 aliphatic rings. The van der Waals surface area contributed by atoms with Gasteiger partial charge in [0.15, 0.2) is 5.11 Å². The first-order valence-corrected chi connectivity index (χ1v) is 24.7. The van der Waals surface area contributed by atoms with E-state index < -0.39 is 58.2 Å². The van der Waals surface area contributed by atoms with E-state index in [2.05, 4.69) is 15.6 Å². The molecule has 73 heavy (non-hydrogen) atoms. The number of anilines is 2. The Labute approximate surface area is 430 Å². The second-order valence-electron chi connectivity index (χ2n) is 19.4. The number of aryl methyl sites for hydroxylation is 1. The Kier molecular flexibility index (Phi) is 16.3. The summed E-state index contributed by atoms with van der Waals surface area (Å²) < 4.78 is 73.8. The van der Waals surface area contributed by atoms with E-state index in [9.17, 15) is 37.6 Å². The summed E-state index contributed by atoms with van der Waals surface area (Å²) in [6.45, 7) is 13.3. The van der Waals surface area contributed by atoms with E-state index in [1.54, 1.807) is 46.6 Å². The standard InChI is InChI=1S/C53H55F4N7O7S2/c1-31-24-43(46(65)59-28-33-8-10-35(11-9-33)44-32(2)60-30-73-44)62(29-31)47(66)45(51(3,4)5)61-49(68)71-23-21-69-20-22-70-39-17-13-34(14-18-39)40-19-16-38(26-42(40)54)64-50(72)63(48(67)52(64,6)7)37-15-12-36(27-58)41(25-37)53(55,56)57/h8-19,25-26,30-31,43,45H,20-24,28-29H2,1-7H3,(H,59,65)(H,61,68)/t31-,43+,45-/m1/s1. The van der Waals surface area contributed by atoms with Crippen molar-refractivity contribution < 1.29 is 51.0 Å². The lowest BCUT2D eigenvalue weighted by Crippen LogP contribution is -2.57. The molecule has 2 saturated heterocycles. The molecule has 1 aromatic heterocycles. The van der Waals surface area contributed by atoms with Crippen LogP contribution in [0.2, 0.25) is 0 Å². The fourth-order valence-electron chi connectivity index (χ4n) is 8.75. The lowest BCUT2D eigenvalue weighted by atomic mass is 9.85. The minimum absolute atomic E-state index is 0.0402. The van der Waals surface area contributed by atoms with Crippen LogP contribution >= 0.6 is 23.6 Å². The lowest BCUT2D eigenvalue weighted by molar-refractivity contribution is -0.142. The molecule has 2 N–H and O–H groups in total. The number of nitrogens with zero attached hydrogens (tertiary/aromatic N) is 5. The van der Waals surface area contributed by atoms with Gasteiger partial charge in [-0.05, 0) is 116 Å². The molecule has 2 fully saturated rings. The third-order valence-corrected chi connectivity index (χ3v) is 13.9. The Bertz CT molecular complexity index is 2920. The molecule has 2 aliphatic heterocycles. The number of alkyl carbamates (subject to hydrolysis) is 1. The number of halogens is 4. The average molecular weight is 1040 g/mol. The van der Waals surface area contributed by atoms with Crippen LogP contribution in [-0.4, -0.2) is 89.4 Å². The number of amides is 4. The fourth-order valence-corrected chi connectivity index (χ4v) is 10.1. The molecule has 3 atom stereocenters. The molecule has 3 heterocycles. The summed E-state index contributed by atoms with van der Waals surface area (Å²) in [5, 5.41) is 14.8. The van der Waals surface area contributed by atoms with Gasteiger partial charge in [-0.3, -0.25) is 19.3 Å². The number of hydrogen-bond donors (Lipinski definition) is 2. The van der Waals surface area contributed by atoms with E-state index in [-0.39, 0.29) is 66.2 Å². The van der Waals surface area contributed by atoms with Crippen LogP contribution in [0.3, 0.4) is 0 Å². The molecule has 4 aromatic carbocycles. The summed E-state index contributed by atoms with van der Waals surface area (Å²) >= 11 is 7.16. The van der Waals surface area contributed by atoms with Gasteiger partial charge in [0.2, 0.25) is 11.8 Å². The van der Waals surface area contributed by atoms with Gasteiger partial charge >= 0.3 is 12.3 Å². The van der Waals surface area contributed by atoms with E-state index in [0.29, 0.717) is 36.9 Å². The summed E-state index contributed by atoms with van der Waals surface area (Å²) in [5.74, 6) is -1.39. The van der Waals surface area contributed by atoms with Crippen LogP contribution in [0, 0.1) is 35.4 Å². The second kappa shape index (κ2) is 22.0. The third-order valence-electron chi connectivity index (χ3n) is 12.6. The number of nitriles is 1. The van der Waals surface area contributed by atoms with Crippen LogP contribution in [0.15, 0.2) is 90.4 Å². The SMILES string of the molecule is Cc1ncsc1-c1ccc(CNC(=O)[C@@H]2C[C@@H](C)CN2C(=O)[C@@H](NC(=O)OCCOCCOc2ccc(-c3ccc(N4C(=S)N(c5ccc(C#N)c(C(F)(F)F)c5)C(=O)C4(C)C)cc3F)cc2)C(C)(C)C)cc1. The van der Waals surface area contributed by atoms with Crippen molar-refractivity contribution in [2.75, 3.05) is 42.8 Å². The summed E-state index contributed by atoms with van der Waals surface area (Å²) in [6.07, 6.45) is -5.18. The number of carbonyl (C=O) groups excluding carboxylic acids is 4. The molecule has 0 saturated carbocycles. The summed E-state index contributed by atoms with van der Waals surface area (Å²) in [7, 11) is 0. The maximum Gasteiger partial charge on any atom is 0.417 e. The summed E-state index contributed by atoms with van der Waals surface area (Å²) in [5.41, 5.74) is 1.55. The predicted octanol–water partition coefficient (Wildman–Crippen LogP) is 9.82. The number of aromatic nitrogens is 1. The van der Waals surface area contributed by atoms with Crippen LogP contribution in [0.25, 0.3) is 21.6 Å². The Morgan fingerprint density at radius 3 is 2.25 bits per heavy atom. The second-order valence-corrected chi connectivity index (χ2v) is 20.6. The fraction of sp³-hybridized carbons (Fsp3) is 0.377. The molecule has 14 nitrogen and oxygen atoms in total. The van der Waals surface area contributed by atoms with Gasteiger partial charge in [0, 0.05) is 24.3 Å². The smallest absolute Gasteiger partial charge is 0.417 e. The molecule has 7 rings (SSSR count). The Morgan fingerprint density at radius 2 is 1.62 bits per heavy atom. The number of carbonyl (C=O) groups is 4. The minimum Gasteiger partial charge on any atom is -0.491 e. The number of hydrogen-bond acceptors (Lipinski definition) is 11. The first-order chi connectivity index (χ1) is 34.5. The number of thiocarbonyl (C=S) groups is 1. The molecule has 0 unspecified atom stereocenters. The van der Waals surface area contributed by atoms with Gasteiger partial charge in [0.25, 0.3) is 5.91 Å². The normalized spacial score (nSPS) is 17.1. The highest BCUT2D eigenvalue weighted by Crippen LogP contribution is 2.41. The molecule has 0 bridgehead atoms. The Hall–Kier alpha value is -6.95. The number of likely N-dealkylation sites (tertiary alicyclic amines) is 1. The van der Waals surface area contributed by atoms with Crippen molar-refractivity contribution >= 4 is 63.9 Å². The molecular weight excluding hydrogens is 987 g/mol. The Balaban J connectivity index is 0.853. The zero-order chi connectivity index (χ0) is 53.0. The summed E-state index contributed by atoms with van der Waals surface area (Å²) in [6, 6.07) is 21.5. The first-order valence-electron chi connectivity index (χ1n) is 23.4. The van der Waals surface area contributed by atoms with Crippen LogP contribution in [0.4, 0.5) is 33.7 Å². The largest absolute Gasteiger partial charge is 0.491 e. The molecule has 384 valence electrons. The number of alkyl halides is 3. The van der Waals surface area contributed by atoms with Crippen LogP contribution in [0.5, 0.6) is 5.75 Å². The van der Waals surface area contributed by atoms with Crippen molar-refractivity contribution in [1.82, 2.24) is 20.5 Å². The van der Waals surface area contributed by atoms with Gasteiger partial charge in [0.1, 0.15) is 42.4 Å². The molecule has 0 spiro atoms. The highest BCUT2D eigenvalue weighted by molar-refractivity contribution is 7.81. The minimum atomic E-state index is -4.86. The molecular formula is C53H55F4N7O7S2. The van der Waals surface area contributed by atoms with Gasteiger partial charge in [0.05, 0.1) is 52.2 Å². The van der Waals surface area contributed by atoms with Gasteiger partial charge in [-0.2, -0.15) is 18.4 Å². The van der Waals surface area contributed by atoms with E-state index in [1.807, 2.05) is 64.4 Å². The number of thiazole rings is 1. The van der Waals surface area contributed by atoms with Crippen LogP contribution < -0.4 is 25.2 Å². The van der Waals surface area contributed by atoms with Gasteiger partial charge < -0.3 is 34.6 Å². The number of nitrogens with one attached hydrogen (secondary N) is 2. The molecule has 4 amide bonds. The lowest BCUT2D eigenvalue weighted by Gasteiger charge is -2.35. The third kappa shape index (κ3) is 12.1. The van der Waals surface area contributed by atoms with Crippen LogP contribution in [-0.2, 0) is 36.6 Å². The average Bonchev–Trinajstić information content (AvgIpc) is 4.01. The number of ether oxygens (including phenoxy) is 3. The molecule has 20 heteroatoms. The van der Waals surface area contributed by atoms with Gasteiger partial charge in [-0.25, -0.2) is 14.2 Å². The van der Waals surface area contributed by atoms with Gasteiger partial charge in [-0.1, -0.05) is 64.1 Å². The van der Waals surface area contributed by atoms with E-state index >= 15 is 4.39 Å². The van der Waals surface area contributed by atoms with E-state index in [0.717, 1.165) is 32.7 Å². The number of rotatable bonds is 16. The zero-order valence-corrected chi connectivity index (χ0v) is 42.9. The van der Waals surface area contributed by atoms with Crippen molar-refractivity contribution in [3.8, 4) is 33.4 Å². The van der Waals surface area contributed by atoms with E-state index in [4.69, 9.17) is 26.4 Å². The highest BCUT2D eigenvalue weighted by atomic mass is 32.1. The maximum atomic E-state index is 15.8. The van der Waals surface area contributed by atoms with Crippen molar-refractivity contribution in [2.24, 2.45) is 11.3 Å². The molecule has 0 radical (unpaired) electrons. The first kappa shape index (κ1) is 53.8. The summed E-state index contributed by atoms with van der Waals surface area (Å²) in [4.78, 5) is 63.5. The van der Waals surface area contributed by atoms with Crippen molar-refractivity contribution in [2.45, 2.75) is 85.2 Å². The maximum absolute atomic E-state index is 15.8.